The second kappa shape index (κ2) is 6.19. The third-order valence-electron chi connectivity index (χ3n) is 4.54. The maximum atomic E-state index is 14.0. The molecule has 0 saturated heterocycles. The zero-order valence-corrected chi connectivity index (χ0v) is 13.7. The number of guanidine groups is 2. The number of hydrogen-bond donors (Lipinski definition) is 2. The molecule has 2 aliphatic rings. The molecule has 1 aromatic carbocycles. The molecule has 0 atom stereocenters. The van der Waals surface area contributed by atoms with Crippen LogP contribution in [0.1, 0.15) is 32.1 Å². The minimum absolute atomic E-state index is 0.0496. The Labute approximate surface area is 143 Å². The molecule has 1 saturated carbocycles. The van der Waals surface area contributed by atoms with Gasteiger partial charge < -0.3 is 16.2 Å². The van der Waals surface area contributed by atoms with Gasteiger partial charge in [-0.2, -0.15) is 9.38 Å². The molecule has 1 aliphatic heterocycles. The van der Waals surface area contributed by atoms with Crippen molar-refractivity contribution in [1.82, 2.24) is 0 Å². The summed E-state index contributed by atoms with van der Waals surface area (Å²) in [5.74, 6) is -0.763. The first kappa shape index (κ1) is 16.9. The number of nitrogens with two attached hydrogens (primary N) is 2. The maximum Gasteiger partial charge on any atom is 0.307 e. The van der Waals surface area contributed by atoms with E-state index in [1.807, 2.05) is 0 Å². The molecule has 0 radical (unpaired) electrons. The fourth-order valence-electron chi connectivity index (χ4n) is 3.48. The first-order chi connectivity index (χ1) is 11.9. The van der Waals surface area contributed by atoms with E-state index in [0.29, 0.717) is 12.8 Å². The number of ether oxygens (including phenoxy) is 1. The van der Waals surface area contributed by atoms with Gasteiger partial charge in [0, 0.05) is 12.1 Å². The molecule has 134 valence electrons. The predicted octanol–water partition coefficient (Wildman–Crippen LogP) is 1.85. The van der Waals surface area contributed by atoms with Crippen LogP contribution in [0.25, 0.3) is 0 Å². The van der Waals surface area contributed by atoms with E-state index in [9.17, 15) is 14.5 Å². The molecule has 1 fully saturated rings. The summed E-state index contributed by atoms with van der Waals surface area (Å²) >= 11 is 0. The minimum Gasteiger partial charge on any atom is -0.494 e. The van der Waals surface area contributed by atoms with Crippen molar-refractivity contribution in [3.63, 3.8) is 0 Å². The van der Waals surface area contributed by atoms with E-state index in [1.54, 1.807) is 4.90 Å². The summed E-state index contributed by atoms with van der Waals surface area (Å²) < 4.78 is 19.2. The van der Waals surface area contributed by atoms with Crippen LogP contribution in [0, 0.1) is 15.9 Å². The highest BCUT2D eigenvalue weighted by Crippen LogP contribution is 2.44. The molecule has 0 aromatic heterocycles. The SMILES string of the molecule is COc1cc(F)c([N+](=O)[O-])cc1N1C(N)=NC(N)=NC12CCCCC2. The van der Waals surface area contributed by atoms with Gasteiger partial charge in [-0.1, -0.05) is 6.42 Å². The van der Waals surface area contributed by atoms with Gasteiger partial charge in [-0.25, -0.2) is 4.99 Å². The molecule has 0 amide bonds. The maximum absolute atomic E-state index is 14.0. The van der Waals surface area contributed by atoms with E-state index in [-0.39, 0.29) is 23.4 Å². The van der Waals surface area contributed by atoms with E-state index >= 15 is 0 Å². The molecule has 1 aliphatic carbocycles. The van der Waals surface area contributed by atoms with Gasteiger partial charge in [0.2, 0.25) is 17.7 Å². The van der Waals surface area contributed by atoms with Gasteiger partial charge in [0.15, 0.2) is 0 Å². The zero-order valence-electron chi connectivity index (χ0n) is 13.7. The molecule has 10 heteroatoms. The zero-order chi connectivity index (χ0) is 18.2. The van der Waals surface area contributed by atoms with Crippen molar-refractivity contribution in [2.45, 2.75) is 37.8 Å². The van der Waals surface area contributed by atoms with Crippen LogP contribution in [0.5, 0.6) is 5.75 Å². The highest BCUT2D eigenvalue weighted by Gasteiger charge is 2.44. The molecule has 1 aromatic rings. The topological polar surface area (TPSA) is 132 Å². The lowest BCUT2D eigenvalue weighted by Gasteiger charge is -2.45. The number of nitro benzene ring substituents is 1. The van der Waals surface area contributed by atoms with Crippen molar-refractivity contribution in [2.75, 3.05) is 12.0 Å². The van der Waals surface area contributed by atoms with E-state index in [1.165, 1.54) is 7.11 Å². The van der Waals surface area contributed by atoms with Gasteiger partial charge in [-0.3, -0.25) is 15.0 Å². The number of rotatable bonds is 3. The number of anilines is 1. The van der Waals surface area contributed by atoms with Crippen LogP contribution < -0.4 is 21.1 Å². The Morgan fingerprint density at radius 1 is 1.32 bits per heavy atom. The molecule has 25 heavy (non-hydrogen) atoms. The highest BCUT2D eigenvalue weighted by molar-refractivity contribution is 6.06. The van der Waals surface area contributed by atoms with Crippen molar-refractivity contribution in [1.29, 1.82) is 0 Å². The molecular formula is C15H19FN6O3. The normalized spacial score (nSPS) is 19.4. The Bertz CT molecular complexity index is 773. The summed E-state index contributed by atoms with van der Waals surface area (Å²) in [7, 11) is 1.35. The lowest BCUT2D eigenvalue weighted by atomic mass is 9.87. The highest BCUT2D eigenvalue weighted by atomic mass is 19.1. The number of methoxy groups -OCH3 is 1. The summed E-state index contributed by atoms with van der Waals surface area (Å²) in [6, 6.07) is 2.07. The van der Waals surface area contributed by atoms with E-state index in [2.05, 4.69) is 9.98 Å². The van der Waals surface area contributed by atoms with E-state index in [4.69, 9.17) is 16.2 Å². The predicted molar refractivity (Wildman–Crippen MR) is 91.1 cm³/mol. The third kappa shape index (κ3) is 2.83. The van der Waals surface area contributed by atoms with Gasteiger partial charge in [-0.05, 0) is 25.7 Å². The van der Waals surface area contributed by atoms with Crippen LogP contribution in [0.4, 0.5) is 15.8 Å². The van der Waals surface area contributed by atoms with Crippen molar-refractivity contribution < 1.29 is 14.1 Å². The molecule has 0 bridgehead atoms. The number of aliphatic imine (C=N–C) groups is 2. The lowest BCUT2D eigenvalue weighted by Crippen LogP contribution is -2.58. The number of halogens is 1. The first-order valence-electron chi connectivity index (χ1n) is 7.89. The van der Waals surface area contributed by atoms with E-state index < -0.39 is 22.1 Å². The van der Waals surface area contributed by atoms with Crippen molar-refractivity contribution in [2.24, 2.45) is 21.5 Å². The van der Waals surface area contributed by atoms with Gasteiger partial charge in [0.25, 0.3) is 0 Å². The Hall–Kier alpha value is -2.91. The van der Waals surface area contributed by atoms with Gasteiger partial charge in [0.1, 0.15) is 11.4 Å². The lowest BCUT2D eigenvalue weighted by molar-refractivity contribution is -0.387. The van der Waals surface area contributed by atoms with Gasteiger partial charge in [-0.15, -0.1) is 0 Å². The number of nitro groups is 1. The minimum atomic E-state index is -0.987. The Balaban J connectivity index is 2.20. The summed E-state index contributed by atoms with van der Waals surface area (Å²) in [6.07, 6.45) is 4.14. The molecule has 3 rings (SSSR count). The van der Waals surface area contributed by atoms with Crippen molar-refractivity contribution in [3.8, 4) is 5.75 Å². The molecule has 1 spiro atoms. The van der Waals surface area contributed by atoms with Crippen LogP contribution in [-0.4, -0.2) is 29.6 Å². The average molecular weight is 350 g/mol. The number of hydrogen-bond acceptors (Lipinski definition) is 8. The number of nitrogens with zero attached hydrogens (tertiary/aromatic N) is 4. The van der Waals surface area contributed by atoms with Crippen molar-refractivity contribution in [3.05, 3.63) is 28.1 Å². The van der Waals surface area contributed by atoms with Crippen molar-refractivity contribution >= 4 is 23.3 Å². The standard InChI is InChI=1S/C15H19FN6O3/c1-25-12-7-9(16)10(22(23)24)8-11(12)21-14(18)19-13(17)20-15(21)5-3-2-4-6-15/h7-8H,2-6H2,1H3,(H4,17,18,19,20). The second-order valence-corrected chi connectivity index (χ2v) is 6.05. The molecule has 9 nitrogen and oxygen atoms in total. The molecule has 0 unspecified atom stereocenters. The fourth-order valence-corrected chi connectivity index (χ4v) is 3.48. The summed E-state index contributed by atoms with van der Waals surface area (Å²) in [4.78, 5) is 20.4. The van der Waals surface area contributed by atoms with Crippen LogP contribution in [0.15, 0.2) is 22.1 Å². The largest absolute Gasteiger partial charge is 0.494 e. The Kier molecular flexibility index (Phi) is 4.19. The first-order valence-corrected chi connectivity index (χ1v) is 7.89. The van der Waals surface area contributed by atoms with Gasteiger partial charge >= 0.3 is 5.69 Å². The van der Waals surface area contributed by atoms with Crippen LogP contribution in [0.3, 0.4) is 0 Å². The second-order valence-electron chi connectivity index (χ2n) is 6.05. The number of benzene rings is 1. The third-order valence-corrected chi connectivity index (χ3v) is 4.54. The molecule has 1 heterocycles. The van der Waals surface area contributed by atoms with Gasteiger partial charge in [0.05, 0.1) is 17.7 Å². The summed E-state index contributed by atoms with van der Waals surface area (Å²) in [5, 5.41) is 11.2. The average Bonchev–Trinajstić information content (AvgIpc) is 2.55. The quantitative estimate of drug-likeness (QED) is 0.631. The summed E-state index contributed by atoms with van der Waals surface area (Å²) in [6.45, 7) is 0. The monoisotopic (exact) mass is 350 g/mol. The Morgan fingerprint density at radius 2 is 2.00 bits per heavy atom. The van der Waals surface area contributed by atoms with E-state index in [0.717, 1.165) is 31.4 Å². The smallest absolute Gasteiger partial charge is 0.307 e. The van der Waals surface area contributed by atoms with Crippen LogP contribution in [0.2, 0.25) is 0 Å². The summed E-state index contributed by atoms with van der Waals surface area (Å²) in [5.41, 5.74) is 10.7. The van der Waals surface area contributed by atoms with Crippen LogP contribution >= 0.6 is 0 Å². The molecular weight excluding hydrogens is 331 g/mol. The molecule has 4 N–H and O–H groups in total. The van der Waals surface area contributed by atoms with Crippen LogP contribution in [-0.2, 0) is 0 Å². The fraction of sp³-hybridized carbons (Fsp3) is 0.467. The Morgan fingerprint density at radius 3 is 2.60 bits per heavy atom.